The number of nitrogens with two attached hydrogens (primary N) is 2. The maximum atomic E-state index is 12.0. The Kier molecular flexibility index (Phi) is 18.9. The van der Waals surface area contributed by atoms with Gasteiger partial charge in [0.25, 0.3) is 10.3 Å². The number of aliphatic hydroxyl groups excluding tert-OH is 2. The Bertz CT molecular complexity index is 1190. The van der Waals surface area contributed by atoms with Crippen LogP contribution in [-0.4, -0.2) is 45.7 Å². The fourth-order valence-corrected chi connectivity index (χ4v) is 3.25. The molecule has 1 heterocycles. The standard InChI is InChI=1S/C16H12ClNO3S.C3H4.2CH3NOS.CH4.H2O/c1-22(19,20)14-5-3-2-4-13(14)15-16(21-10-18-15)11-6-8-12(17)9-7-11;1-3-2;2*2-1(3)4;;/h2-10H,1H3;1H,2H3;2*(H3,2,3,4);1H4;1H2. The van der Waals surface area contributed by atoms with Crippen molar-refractivity contribution in [1.29, 1.82) is 0 Å². The van der Waals surface area contributed by atoms with Crippen LogP contribution >= 0.6 is 36.0 Å². The lowest BCUT2D eigenvalue weighted by Gasteiger charge is -2.07. The third-order valence-electron chi connectivity index (χ3n) is 3.22. The van der Waals surface area contributed by atoms with Gasteiger partial charge in [0.2, 0.25) is 0 Å². The summed E-state index contributed by atoms with van der Waals surface area (Å²) in [5, 5.41) is 14.7. The molecule has 0 unspecified atom stereocenters. The summed E-state index contributed by atoms with van der Waals surface area (Å²) >= 11 is 13.6. The van der Waals surface area contributed by atoms with E-state index >= 15 is 0 Å². The molecule has 1 aromatic heterocycles. The summed E-state index contributed by atoms with van der Waals surface area (Å²) in [6.07, 6.45) is 7.08. The Morgan fingerprint density at radius 1 is 1.09 bits per heavy atom. The number of terminal acetylenes is 1. The molecule has 9 nitrogen and oxygen atoms in total. The second-order valence-corrected chi connectivity index (χ2v) is 9.03. The van der Waals surface area contributed by atoms with Crippen LogP contribution in [0.2, 0.25) is 5.02 Å². The van der Waals surface area contributed by atoms with Crippen molar-refractivity contribution in [2.24, 2.45) is 11.5 Å². The molecule has 0 bridgehead atoms. The van der Waals surface area contributed by atoms with Crippen LogP contribution in [0.4, 0.5) is 0 Å². The first-order chi connectivity index (χ1) is 15.3. The number of thiocarbonyl (C=S) groups is 2. The fourth-order valence-electron chi connectivity index (χ4n) is 2.23. The Labute approximate surface area is 221 Å². The van der Waals surface area contributed by atoms with Crippen LogP contribution in [0.25, 0.3) is 22.6 Å². The zero-order valence-corrected chi connectivity index (χ0v) is 21.3. The van der Waals surface area contributed by atoms with Crippen LogP contribution in [0.3, 0.4) is 0 Å². The summed E-state index contributed by atoms with van der Waals surface area (Å²) in [6.45, 7) is 1.65. The monoisotopic (exact) mass is 561 g/mol. The van der Waals surface area contributed by atoms with E-state index in [-0.39, 0.29) is 17.8 Å². The van der Waals surface area contributed by atoms with Crippen molar-refractivity contribution in [3.05, 3.63) is 59.9 Å². The molecule has 13 heteroatoms. The summed E-state index contributed by atoms with van der Waals surface area (Å²) in [5.74, 6) is 2.76. The summed E-state index contributed by atoms with van der Waals surface area (Å²) < 4.78 is 29.4. The summed E-state index contributed by atoms with van der Waals surface area (Å²) in [5.41, 5.74) is 10.6. The summed E-state index contributed by atoms with van der Waals surface area (Å²) in [4.78, 5) is 4.42. The number of benzene rings is 2. The molecule has 0 aliphatic carbocycles. The van der Waals surface area contributed by atoms with E-state index in [1.165, 1.54) is 12.6 Å². The topological polar surface area (TPSA) is 184 Å². The van der Waals surface area contributed by atoms with Gasteiger partial charge in [-0.15, -0.1) is 12.3 Å². The van der Waals surface area contributed by atoms with E-state index in [0.717, 1.165) is 5.56 Å². The Hall–Kier alpha value is -3.21. The second kappa shape index (κ2) is 18.2. The van der Waals surface area contributed by atoms with E-state index in [9.17, 15) is 8.42 Å². The highest BCUT2D eigenvalue weighted by Gasteiger charge is 2.20. The van der Waals surface area contributed by atoms with Gasteiger partial charge in [-0.2, -0.15) is 0 Å². The van der Waals surface area contributed by atoms with Crippen molar-refractivity contribution in [2.75, 3.05) is 6.26 Å². The van der Waals surface area contributed by atoms with Crippen molar-refractivity contribution in [3.8, 4) is 34.9 Å². The second-order valence-electron chi connectivity index (χ2n) is 5.77. The average Bonchev–Trinajstić information content (AvgIpc) is 3.17. The van der Waals surface area contributed by atoms with Crippen LogP contribution in [0.5, 0.6) is 0 Å². The van der Waals surface area contributed by atoms with Gasteiger partial charge in [0.1, 0.15) is 5.69 Å². The highest BCUT2D eigenvalue weighted by Crippen LogP contribution is 2.34. The van der Waals surface area contributed by atoms with Gasteiger partial charge >= 0.3 is 0 Å². The highest BCUT2D eigenvalue weighted by atomic mass is 35.5. The number of hydrogen-bond donors (Lipinski definition) is 4. The minimum atomic E-state index is -3.37. The van der Waals surface area contributed by atoms with Crippen molar-refractivity contribution in [1.82, 2.24) is 4.98 Å². The molecule has 35 heavy (non-hydrogen) atoms. The Morgan fingerprint density at radius 2 is 1.51 bits per heavy atom. The number of hydrogen-bond acceptors (Lipinski definition) is 6. The first-order valence-corrected chi connectivity index (χ1v) is 11.8. The normalized spacial score (nSPS) is 8.86. The van der Waals surface area contributed by atoms with Gasteiger partial charge in [-0.25, -0.2) is 13.4 Å². The van der Waals surface area contributed by atoms with Crippen molar-refractivity contribution < 1.29 is 28.5 Å². The molecule has 0 saturated carbocycles. The minimum Gasteiger partial charge on any atom is -0.487 e. The molecule has 8 N–H and O–H groups in total. The van der Waals surface area contributed by atoms with E-state index in [2.05, 4.69) is 53.2 Å². The number of aromatic nitrogens is 1. The predicted octanol–water partition coefficient (Wildman–Crippen LogP) is 4.09. The van der Waals surface area contributed by atoms with Crippen LogP contribution in [-0.2, 0) is 9.84 Å². The van der Waals surface area contributed by atoms with Crippen LogP contribution in [0, 0.1) is 12.3 Å². The highest BCUT2D eigenvalue weighted by molar-refractivity contribution is 7.90. The lowest BCUT2D eigenvalue weighted by molar-refractivity contribution is 0.559. The molecule has 0 radical (unpaired) electrons. The first kappa shape index (κ1) is 36.4. The molecule has 0 amide bonds. The largest absolute Gasteiger partial charge is 0.487 e. The SMILES string of the molecule is C.C#CC.CS(=O)(=O)c1ccccc1-c1ncoc1-c1ccc(Cl)cc1.NC(O)=S.NC(O)=S.O. The minimum absolute atomic E-state index is 0. The van der Waals surface area contributed by atoms with E-state index in [4.69, 9.17) is 26.2 Å². The molecule has 0 aliphatic heterocycles. The van der Waals surface area contributed by atoms with E-state index in [1.54, 1.807) is 55.5 Å². The maximum Gasteiger partial charge on any atom is 0.251 e. The van der Waals surface area contributed by atoms with Gasteiger partial charge in [-0.05, 0) is 61.7 Å². The van der Waals surface area contributed by atoms with E-state index in [1.807, 2.05) is 0 Å². The van der Waals surface area contributed by atoms with E-state index < -0.39 is 20.2 Å². The van der Waals surface area contributed by atoms with Crippen LogP contribution in [0.1, 0.15) is 14.4 Å². The Morgan fingerprint density at radius 3 is 1.94 bits per heavy atom. The molecule has 2 aromatic carbocycles. The zero-order chi connectivity index (χ0) is 25.6. The summed E-state index contributed by atoms with van der Waals surface area (Å²) in [6, 6.07) is 13.8. The molecule has 0 spiro atoms. The molecular weight excluding hydrogens is 534 g/mol. The van der Waals surface area contributed by atoms with Gasteiger partial charge in [-0.1, -0.05) is 37.2 Å². The van der Waals surface area contributed by atoms with Gasteiger partial charge in [-0.3, -0.25) is 0 Å². The average molecular weight is 562 g/mol. The molecule has 192 valence electrons. The third kappa shape index (κ3) is 14.6. The quantitative estimate of drug-likeness (QED) is 0.268. The number of halogens is 1. The van der Waals surface area contributed by atoms with Gasteiger partial charge < -0.3 is 31.6 Å². The molecular formula is C22H28ClN3O6S3. The van der Waals surface area contributed by atoms with Crippen molar-refractivity contribution >= 4 is 56.2 Å². The lowest BCUT2D eigenvalue weighted by Crippen LogP contribution is -2.03. The van der Waals surface area contributed by atoms with E-state index in [0.29, 0.717) is 22.0 Å². The smallest absolute Gasteiger partial charge is 0.251 e. The van der Waals surface area contributed by atoms with Crippen molar-refractivity contribution in [3.63, 3.8) is 0 Å². The molecule has 0 aliphatic rings. The van der Waals surface area contributed by atoms with Gasteiger partial charge in [0.15, 0.2) is 22.0 Å². The predicted molar refractivity (Wildman–Crippen MR) is 149 cm³/mol. The maximum absolute atomic E-state index is 12.0. The fraction of sp³-hybridized carbons (Fsp3) is 0.136. The van der Waals surface area contributed by atoms with Gasteiger partial charge in [0, 0.05) is 22.4 Å². The number of sulfone groups is 1. The number of aliphatic hydroxyl groups is 2. The zero-order valence-electron chi connectivity index (χ0n) is 18.1. The third-order valence-corrected chi connectivity index (χ3v) is 4.62. The number of rotatable bonds is 3. The molecule has 0 fully saturated rings. The lowest BCUT2D eigenvalue weighted by atomic mass is 10.1. The molecule has 0 saturated heterocycles. The molecule has 0 atom stereocenters. The van der Waals surface area contributed by atoms with Gasteiger partial charge in [0.05, 0.1) is 4.90 Å². The number of nitrogens with zero attached hydrogens (tertiary/aromatic N) is 1. The van der Waals surface area contributed by atoms with Crippen molar-refractivity contribution in [2.45, 2.75) is 19.2 Å². The number of oxazole rings is 1. The van der Waals surface area contributed by atoms with Crippen LogP contribution in [0.15, 0.2) is 64.2 Å². The Balaban J connectivity index is -0.000000673. The van der Waals surface area contributed by atoms with Crippen LogP contribution < -0.4 is 11.5 Å². The first-order valence-electron chi connectivity index (χ1n) is 8.68. The molecule has 3 rings (SSSR count). The molecule has 3 aromatic rings. The summed E-state index contributed by atoms with van der Waals surface area (Å²) in [7, 11) is -3.37.